The molecule has 0 aliphatic rings. The van der Waals surface area contributed by atoms with Crippen LogP contribution in [0.5, 0.6) is 0 Å². The molecule has 0 aromatic heterocycles. The Morgan fingerprint density at radius 3 is 2.70 bits per heavy atom. The lowest BCUT2D eigenvalue weighted by atomic mass is 10.4. The summed E-state index contributed by atoms with van der Waals surface area (Å²) in [5, 5.41) is 25.1. The van der Waals surface area contributed by atoms with Crippen molar-refractivity contribution in [1.29, 1.82) is 0 Å². The van der Waals surface area contributed by atoms with E-state index >= 15 is 0 Å². The van der Waals surface area contributed by atoms with Crippen LogP contribution in [-0.4, -0.2) is 41.2 Å². The third-order valence-corrected chi connectivity index (χ3v) is 0.840. The van der Waals surface area contributed by atoms with E-state index in [0.717, 1.165) is 6.26 Å². The first-order valence-electron chi connectivity index (χ1n) is 2.97. The van der Waals surface area contributed by atoms with Crippen molar-refractivity contribution < 1.29 is 20.1 Å². The number of rotatable bonds is 5. The summed E-state index contributed by atoms with van der Waals surface area (Å²) in [6.45, 7) is 0.0250. The van der Waals surface area contributed by atoms with Crippen LogP contribution in [0.4, 0.5) is 0 Å². The maximum Gasteiger partial charge on any atom is 0.100 e. The Morgan fingerprint density at radius 2 is 2.20 bits per heavy atom. The Balaban J connectivity index is 3.03. The van der Waals surface area contributed by atoms with E-state index in [1.165, 1.54) is 6.08 Å². The molecule has 0 aromatic rings. The molecule has 0 fully saturated rings. The quantitative estimate of drug-likeness (QED) is 0.360. The average Bonchev–Trinajstić information content (AvgIpc) is 1.98. The van der Waals surface area contributed by atoms with Gasteiger partial charge in [-0.2, -0.15) is 0 Å². The average molecular weight is 148 g/mol. The van der Waals surface area contributed by atoms with Gasteiger partial charge in [-0.1, -0.05) is 0 Å². The van der Waals surface area contributed by atoms with Crippen LogP contribution in [0.2, 0.25) is 0 Å². The maximum atomic E-state index is 8.70. The molecule has 0 aromatic carbocycles. The molecule has 0 spiro atoms. The van der Waals surface area contributed by atoms with Gasteiger partial charge in [0.05, 0.1) is 26.1 Å². The van der Waals surface area contributed by atoms with E-state index in [2.05, 4.69) is 0 Å². The maximum absolute atomic E-state index is 8.70. The Kier molecular flexibility index (Phi) is 6.16. The van der Waals surface area contributed by atoms with Crippen molar-refractivity contribution >= 4 is 0 Å². The first kappa shape index (κ1) is 9.42. The molecule has 4 nitrogen and oxygen atoms in total. The number of aliphatic hydroxyl groups is 3. The molecule has 0 radical (unpaired) electrons. The van der Waals surface area contributed by atoms with Crippen LogP contribution >= 0.6 is 0 Å². The van der Waals surface area contributed by atoms with Crippen LogP contribution in [0.3, 0.4) is 0 Å². The molecule has 0 amide bonds. The zero-order valence-corrected chi connectivity index (χ0v) is 5.60. The van der Waals surface area contributed by atoms with Crippen molar-refractivity contribution in [3.8, 4) is 0 Å². The molecule has 0 aliphatic carbocycles. The number of aliphatic hydroxyl groups excluding tert-OH is 3. The summed E-state index contributed by atoms with van der Waals surface area (Å²) in [6.07, 6.45) is 1.43. The van der Waals surface area contributed by atoms with Gasteiger partial charge in [0.25, 0.3) is 0 Å². The van der Waals surface area contributed by atoms with E-state index in [-0.39, 0.29) is 19.8 Å². The van der Waals surface area contributed by atoms with Crippen LogP contribution in [0.1, 0.15) is 0 Å². The molecule has 3 N–H and O–H groups in total. The van der Waals surface area contributed by atoms with Crippen molar-refractivity contribution in [1.82, 2.24) is 0 Å². The molecular formula is C6H12O4. The molecule has 0 saturated heterocycles. The van der Waals surface area contributed by atoms with E-state index in [1.807, 2.05) is 0 Å². The molecule has 1 unspecified atom stereocenters. The molecule has 0 rings (SSSR count). The Bertz CT molecular complexity index is 91.7. The van der Waals surface area contributed by atoms with Gasteiger partial charge in [0.2, 0.25) is 0 Å². The standard InChI is InChI=1S/C6H12O4/c7-2-1-3-10-5-6(9)4-8/h1-2,6-9H,3-5H2. The molecule has 1 atom stereocenters. The summed E-state index contributed by atoms with van der Waals surface area (Å²) in [6, 6.07) is 0. The minimum atomic E-state index is -0.827. The van der Waals surface area contributed by atoms with Gasteiger partial charge in [0.1, 0.15) is 6.10 Å². The highest BCUT2D eigenvalue weighted by Gasteiger charge is 1.98. The second kappa shape index (κ2) is 6.54. The fourth-order valence-electron chi connectivity index (χ4n) is 0.368. The Hall–Kier alpha value is -0.580. The monoisotopic (exact) mass is 148 g/mol. The molecule has 0 saturated carbocycles. The SMILES string of the molecule is OC=CCOCC(O)CO. The normalized spacial score (nSPS) is 14.2. The number of ether oxygens (including phenoxy) is 1. The summed E-state index contributed by atoms with van der Waals surface area (Å²) >= 11 is 0. The van der Waals surface area contributed by atoms with Gasteiger partial charge in [0, 0.05) is 0 Å². The predicted molar refractivity (Wildman–Crippen MR) is 35.7 cm³/mol. The third kappa shape index (κ3) is 5.55. The Labute approximate surface area is 59.4 Å². The summed E-state index contributed by atoms with van der Waals surface area (Å²) in [5.41, 5.74) is 0. The van der Waals surface area contributed by atoms with Gasteiger partial charge in [-0.15, -0.1) is 0 Å². The lowest BCUT2D eigenvalue weighted by molar-refractivity contribution is 0.0147. The van der Waals surface area contributed by atoms with E-state index in [9.17, 15) is 0 Å². The second-order valence-corrected chi connectivity index (χ2v) is 1.76. The summed E-state index contributed by atoms with van der Waals surface area (Å²) in [7, 11) is 0. The van der Waals surface area contributed by atoms with E-state index in [4.69, 9.17) is 20.1 Å². The molecule has 0 aliphatic heterocycles. The van der Waals surface area contributed by atoms with Gasteiger partial charge in [-0.25, -0.2) is 0 Å². The van der Waals surface area contributed by atoms with Gasteiger partial charge >= 0.3 is 0 Å². The van der Waals surface area contributed by atoms with Gasteiger partial charge in [-0.05, 0) is 6.08 Å². The predicted octanol–water partition coefficient (Wildman–Crippen LogP) is -0.572. The van der Waals surface area contributed by atoms with Crippen LogP contribution < -0.4 is 0 Å². The summed E-state index contributed by atoms with van der Waals surface area (Å²) < 4.78 is 4.77. The zero-order valence-electron chi connectivity index (χ0n) is 5.60. The van der Waals surface area contributed by atoms with Crippen molar-refractivity contribution in [3.05, 3.63) is 12.3 Å². The first-order chi connectivity index (χ1) is 4.81. The zero-order chi connectivity index (χ0) is 7.82. The highest BCUT2D eigenvalue weighted by Crippen LogP contribution is 1.83. The molecule has 0 heterocycles. The van der Waals surface area contributed by atoms with Gasteiger partial charge in [0.15, 0.2) is 0 Å². The van der Waals surface area contributed by atoms with E-state index in [1.54, 1.807) is 0 Å². The lowest BCUT2D eigenvalue weighted by Gasteiger charge is -2.04. The lowest BCUT2D eigenvalue weighted by Crippen LogP contribution is -2.19. The highest BCUT2D eigenvalue weighted by atomic mass is 16.5. The van der Waals surface area contributed by atoms with E-state index in [0.29, 0.717) is 0 Å². The molecule has 0 bridgehead atoms. The van der Waals surface area contributed by atoms with Crippen LogP contribution in [-0.2, 0) is 4.74 Å². The Morgan fingerprint density at radius 1 is 1.50 bits per heavy atom. The van der Waals surface area contributed by atoms with Crippen molar-refractivity contribution in [2.75, 3.05) is 19.8 Å². The van der Waals surface area contributed by atoms with Crippen molar-refractivity contribution in [3.63, 3.8) is 0 Å². The first-order valence-corrected chi connectivity index (χ1v) is 2.97. The highest BCUT2D eigenvalue weighted by molar-refractivity contribution is 4.70. The van der Waals surface area contributed by atoms with Crippen molar-refractivity contribution in [2.45, 2.75) is 6.10 Å². The van der Waals surface area contributed by atoms with Crippen LogP contribution in [0, 0.1) is 0 Å². The topological polar surface area (TPSA) is 69.9 Å². The second-order valence-electron chi connectivity index (χ2n) is 1.76. The fourth-order valence-corrected chi connectivity index (χ4v) is 0.368. The largest absolute Gasteiger partial charge is 0.516 e. The van der Waals surface area contributed by atoms with Crippen LogP contribution in [0.15, 0.2) is 12.3 Å². The minimum absolute atomic E-state index is 0.0842. The number of hydrogen-bond donors (Lipinski definition) is 3. The van der Waals surface area contributed by atoms with Gasteiger partial charge in [-0.3, -0.25) is 0 Å². The van der Waals surface area contributed by atoms with Crippen LogP contribution in [0.25, 0.3) is 0 Å². The molecular weight excluding hydrogens is 136 g/mol. The third-order valence-electron chi connectivity index (χ3n) is 0.840. The smallest absolute Gasteiger partial charge is 0.100 e. The summed E-state index contributed by atoms with van der Waals surface area (Å²) in [4.78, 5) is 0. The number of hydrogen-bond acceptors (Lipinski definition) is 4. The van der Waals surface area contributed by atoms with Crippen molar-refractivity contribution in [2.24, 2.45) is 0 Å². The van der Waals surface area contributed by atoms with Gasteiger partial charge < -0.3 is 20.1 Å². The minimum Gasteiger partial charge on any atom is -0.516 e. The molecule has 10 heavy (non-hydrogen) atoms. The summed E-state index contributed by atoms with van der Waals surface area (Å²) in [5.74, 6) is 0. The van der Waals surface area contributed by atoms with E-state index < -0.39 is 6.10 Å². The molecule has 4 heteroatoms. The fraction of sp³-hybridized carbons (Fsp3) is 0.667. The molecule has 60 valence electrons.